The first-order valence-electron chi connectivity index (χ1n) is 7.37. The number of carbonyl (C=O) groups is 2. The summed E-state index contributed by atoms with van der Waals surface area (Å²) in [4.78, 5) is 24.0. The molecule has 1 aliphatic rings. The molecule has 0 unspecified atom stereocenters. The molecule has 0 spiro atoms. The van der Waals surface area contributed by atoms with Gasteiger partial charge < -0.3 is 4.74 Å². The van der Waals surface area contributed by atoms with Gasteiger partial charge in [0.15, 0.2) is 5.66 Å². The molecule has 1 aromatic carbocycles. The van der Waals surface area contributed by atoms with Crippen LogP contribution in [0.5, 0.6) is 0 Å². The van der Waals surface area contributed by atoms with Crippen LogP contribution in [0, 0.1) is 5.92 Å². The maximum atomic E-state index is 12.5. The third-order valence-electron chi connectivity index (χ3n) is 3.53. The van der Waals surface area contributed by atoms with Crippen LogP contribution in [-0.2, 0) is 24.3 Å². The van der Waals surface area contributed by atoms with Gasteiger partial charge in [-0.15, -0.1) is 0 Å². The van der Waals surface area contributed by atoms with E-state index in [9.17, 15) is 18.0 Å². The van der Waals surface area contributed by atoms with E-state index in [2.05, 4.69) is 10.0 Å². The summed E-state index contributed by atoms with van der Waals surface area (Å²) >= 11 is 0. The molecule has 1 heterocycles. The molecule has 0 radical (unpaired) electrons. The van der Waals surface area contributed by atoms with E-state index in [1.165, 1.54) is 12.1 Å². The Hall–Kier alpha value is -0.770. The first-order valence-corrected chi connectivity index (χ1v) is 8.85. The molecule has 0 amide bonds. The van der Waals surface area contributed by atoms with Crippen molar-refractivity contribution in [3.8, 4) is 0 Å². The zero-order valence-electron chi connectivity index (χ0n) is 13.0. The molecule has 0 saturated carbocycles. The number of hydrogen-bond acceptors (Lipinski definition) is 6. The molecule has 9 heteroatoms. The number of benzene rings is 1. The first-order chi connectivity index (χ1) is 10.8. The van der Waals surface area contributed by atoms with Gasteiger partial charge in [0.25, 0.3) is 0 Å². The number of ether oxygens (including phenoxy) is 1. The molecule has 2 rings (SSSR count). The van der Waals surface area contributed by atoms with Crippen LogP contribution in [0.2, 0.25) is 0 Å². The Bertz CT molecular complexity index is 685. The summed E-state index contributed by atoms with van der Waals surface area (Å²) in [7, 11) is -3.93. The summed E-state index contributed by atoms with van der Waals surface area (Å²) in [6, 6.07) is 7.72. The number of sulfonamides is 1. The third-order valence-corrected chi connectivity index (χ3v) is 5.04. The van der Waals surface area contributed by atoms with E-state index in [-0.39, 0.29) is 40.9 Å². The summed E-state index contributed by atoms with van der Waals surface area (Å²) in [6.07, 6.45) is 0.797. The van der Waals surface area contributed by atoms with Gasteiger partial charge in [-0.05, 0) is 31.5 Å². The van der Waals surface area contributed by atoms with Gasteiger partial charge in [0.1, 0.15) is 0 Å². The number of rotatable bonds is 5. The molecule has 1 aromatic rings. The van der Waals surface area contributed by atoms with Crippen LogP contribution in [0.1, 0.15) is 26.7 Å². The van der Waals surface area contributed by atoms with Gasteiger partial charge in [-0.2, -0.15) is 4.72 Å². The van der Waals surface area contributed by atoms with E-state index >= 15 is 0 Å². The molecule has 0 aromatic heterocycles. The monoisotopic (exact) mass is 364 g/mol. The average molecular weight is 364 g/mol. The van der Waals surface area contributed by atoms with E-state index < -0.39 is 33.5 Å². The quantitative estimate of drug-likeness (QED) is 0.437. The number of nitrogens with one attached hydrogen (secondary N) is 2. The van der Waals surface area contributed by atoms with Crippen molar-refractivity contribution in [2.24, 2.45) is 5.92 Å². The Morgan fingerprint density at radius 2 is 1.88 bits per heavy atom. The standard InChI is InChI=1S/C15H20N2O5S.Na.H/c1-11(2)13(18)22-14(19)15(9-6-10-16-15)17-23(20,21)12-7-4-3-5-8-12;;/h3-5,7-8,11,16-17H,6,9-10H2,1-2H3;;/t15-;;/m1../s1. The summed E-state index contributed by atoms with van der Waals surface area (Å²) in [5, 5.41) is 2.82. The van der Waals surface area contributed by atoms with Gasteiger partial charge in [-0.25, -0.2) is 13.2 Å². The zero-order valence-corrected chi connectivity index (χ0v) is 13.9. The van der Waals surface area contributed by atoms with E-state index in [4.69, 9.17) is 4.74 Å². The second-order valence-electron chi connectivity index (χ2n) is 5.72. The van der Waals surface area contributed by atoms with Crippen molar-refractivity contribution in [3.05, 3.63) is 30.3 Å². The van der Waals surface area contributed by atoms with E-state index in [0.717, 1.165) is 0 Å². The second kappa shape index (κ2) is 8.55. The fourth-order valence-electron chi connectivity index (χ4n) is 2.23. The molecular formula is C15H21N2NaO5S. The Morgan fingerprint density at radius 3 is 2.38 bits per heavy atom. The minimum atomic E-state index is -3.93. The van der Waals surface area contributed by atoms with Crippen LogP contribution in [-0.4, -0.2) is 62.1 Å². The summed E-state index contributed by atoms with van der Waals surface area (Å²) in [5.74, 6) is -2.10. The predicted molar refractivity (Wildman–Crippen MR) is 89.8 cm³/mol. The third kappa shape index (κ3) is 4.87. The van der Waals surface area contributed by atoms with Crippen LogP contribution < -0.4 is 10.0 Å². The van der Waals surface area contributed by atoms with Crippen molar-refractivity contribution >= 4 is 51.5 Å². The van der Waals surface area contributed by atoms with E-state index in [1.807, 2.05) is 0 Å². The summed E-state index contributed by atoms with van der Waals surface area (Å²) in [5.41, 5.74) is -1.61. The minimum absolute atomic E-state index is 0. The fraction of sp³-hybridized carbons (Fsp3) is 0.467. The summed E-state index contributed by atoms with van der Waals surface area (Å²) in [6.45, 7) is 3.64. The normalized spacial score (nSPS) is 20.5. The van der Waals surface area contributed by atoms with E-state index in [0.29, 0.717) is 13.0 Å². The molecule has 2 N–H and O–H groups in total. The van der Waals surface area contributed by atoms with Crippen molar-refractivity contribution in [1.29, 1.82) is 0 Å². The fourth-order valence-corrected chi connectivity index (χ4v) is 3.58. The molecule has 1 aliphatic heterocycles. The molecule has 1 saturated heterocycles. The zero-order chi connectivity index (χ0) is 17.1. The Kier molecular flexibility index (Phi) is 7.58. The Balaban J connectivity index is 0.00000288. The first kappa shape index (κ1) is 21.3. The molecule has 1 fully saturated rings. The second-order valence-corrected chi connectivity index (χ2v) is 7.40. The molecule has 128 valence electrons. The van der Waals surface area contributed by atoms with Gasteiger partial charge in [-0.1, -0.05) is 32.0 Å². The van der Waals surface area contributed by atoms with Gasteiger partial charge in [0, 0.05) is 0 Å². The topological polar surface area (TPSA) is 102 Å². The van der Waals surface area contributed by atoms with Gasteiger partial charge in [0.2, 0.25) is 10.0 Å². The number of hydrogen-bond donors (Lipinski definition) is 2. The van der Waals surface area contributed by atoms with Crippen molar-refractivity contribution in [2.75, 3.05) is 6.54 Å². The molecule has 24 heavy (non-hydrogen) atoms. The molecule has 0 bridgehead atoms. The molecule has 0 aliphatic carbocycles. The van der Waals surface area contributed by atoms with Crippen molar-refractivity contribution < 1.29 is 22.7 Å². The molecule has 1 atom stereocenters. The SMILES string of the molecule is CC(C)C(=O)OC(=O)[C@]1(NS(=O)(=O)c2ccccc2)CCCN1.[NaH]. The van der Waals surface area contributed by atoms with Crippen LogP contribution in [0.15, 0.2) is 35.2 Å². The predicted octanol–water partition coefficient (Wildman–Crippen LogP) is 0.122. The van der Waals surface area contributed by atoms with Crippen LogP contribution in [0.25, 0.3) is 0 Å². The van der Waals surface area contributed by atoms with Gasteiger partial charge >= 0.3 is 41.5 Å². The Labute approximate surface area is 163 Å². The molecular weight excluding hydrogens is 343 g/mol. The molecule has 7 nitrogen and oxygen atoms in total. The number of esters is 2. The van der Waals surface area contributed by atoms with Crippen LogP contribution >= 0.6 is 0 Å². The number of carbonyl (C=O) groups excluding carboxylic acids is 2. The van der Waals surface area contributed by atoms with Gasteiger partial charge in [-0.3, -0.25) is 10.1 Å². The van der Waals surface area contributed by atoms with Crippen LogP contribution in [0.4, 0.5) is 0 Å². The van der Waals surface area contributed by atoms with Gasteiger partial charge in [0.05, 0.1) is 10.8 Å². The van der Waals surface area contributed by atoms with Crippen LogP contribution in [0.3, 0.4) is 0 Å². The van der Waals surface area contributed by atoms with E-state index in [1.54, 1.807) is 32.0 Å². The van der Waals surface area contributed by atoms with Crippen molar-refractivity contribution in [1.82, 2.24) is 10.0 Å². The summed E-state index contributed by atoms with van der Waals surface area (Å²) < 4.78 is 32.1. The average Bonchev–Trinajstić information content (AvgIpc) is 2.97. The maximum absolute atomic E-state index is 12.5. The van der Waals surface area contributed by atoms with Crippen molar-refractivity contribution in [2.45, 2.75) is 37.2 Å². The van der Waals surface area contributed by atoms with Crippen molar-refractivity contribution in [3.63, 3.8) is 0 Å². The Morgan fingerprint density at radius 1 is 1.25 bits per heavy atom.